The zero-order valence-corrected chi connectivity index (χ0v) is 16.1. The van der Waals surface area contributed by atoms with Crippen LogP contribution in [0, 0.1) is 0 Å². The fraction of sp³-hybridized carbons (Fsp3) is 0.786. The second kappa shape index (κ2) is 11.9. The smallest absolute Gasteiger partial charge is 0.328 e. The van der Waals surface area contributed by atoms with Crippen molar-refractivity contribution in [3.63, 3.8) is 0 Å². The first-order valence-corrected chi connectivity index (χ1v) is 8.43. The molecular weight excluding hydrogens is 364 g/mol. The Balaban J connectivity index is 4.85. The van der Waals surface area contributed by atoms with Gasteiger partial charge in [0.25, 0.3) is 0 Å². The number of carboxylic acids is 1. The Morgan fingerprint density at radius 2 is 1.73 bits per heavy atom. The number of nitrogens with zero attached hydrogens (tertiary/aromatic N) is 2. The molecule has 0 aliphatic rings. The average molecular weight is 394 g/mol. The van der Waals surface area contributed by atoms with Crippen molar-refractivity contribution in [2.24, 2.45) is 11.5 Å². The molecule has 0 saturated carbocycles. The van der Waals surface area contributed by atoms with Gasteiger partial charge in [0.05, 0.1) is 18.8 Å². The number of nitrogens with two attached hydrogens (primary N) is 2. The number of nitrogens with one attached hydrogen (secondary N) is 2. The zero-order valence-electron chi connectivity index (χ0n) is 15.3. The van der Waals surface area contributed by atoms with Gasteiger partial charge >= 0.3 is 5.97 Å². The number of aliphatic carboxylic acids is 1. The van der Waals surface area contributed by atoms with Crippen LogP contribution in [0.3, 0.4) is 0 Å². The first kappa shape index (κ1) is 24.4. The summed E-state index contributed by atoms with van der Waals surface area (Å²) in [6.45, 7) is 1.86. The first-order valence-electron chi connectivity index (χ1n) is 8.02. The minimum absolute atomic E-state index is 0.0207. The molecule has 26 heavy (non-hydrogen) atoms. The number of hydrogen-bond donors (Lipinski definition) is 7. The topological polar surface area (TPSA) is 177 Å². The Labute approximate surface area is 158 Å². The third-order valence-electron chi connectivity index (χ3n) is 3.62. The van der Waals surface area contributed by atoms with Gasteiger partial charge in [-0.3, -0.25) is 4.79 Å². The molecule has 0 fully saturated rings. The van der Waals surface area contributed by atoms with E-state index in [0.717, 1.165) is 0 Å². The molecule has 0 saturated heterocycles. The van der Waals surface area contributed by atoms with E-state index in [1.165, 1.54) is 6.92 Å². The molecule has 1 unspecified atom stereocenters. The summed E-state index contributed by atoms with van der Waals surface area (Å²) in [7, 11) is 3.52. The lowest BCUT2D eigenvalue weighted by Crippen LogP contribution is -2.56. The Kier molecular flexibility index (Phi) is 11.2. The minimum Gasteiger partial charge on any atom is -0.480 e. The van der Waals surface area contributed by atoms with Crippen molar-refractivity contribution >= 4 is 29.2 Å². The van der Waals surface area contributed by atoms with Crippen LogP contribution in [0.15, 0.2) is 0 Å². The molecular formula is C14H30N6O5S. The highest BCUT2D eigenvalue weighted by Crippen LogP contribution is 2.00. The molecule has 0 aliphatic carbocycles. The van der Waals surface area contributed by atoms with Crippen molar-refractivity contribution in [3.05, 3.63) is 0 Å². The van der Waals surface area contributed by atoms with Crippen LogP contribution >= 0.6 is 12.2 Å². The number of hydrazine groups is 1. The maximum absolute atomic E-state index is 11.3. The van der Waals surface area contributed by atoms with Crippen molar-refractivity contribution in [3.8, 4) is 0 Å². The van der Waals surface area contributed by atoms with Crippen LogP contribution in [0.5, 0.6) is 0 Å². The van der Waals surface area contributed by atoms with E-state index in [4.69, 9.17) is 33.9 Å². The summed E-state index contributed by atoms with van der Waals surface area (Å²) in [6.07, 6.45) is -1.21. The number of primary amides is 1. The maximum atomic E-state index is 11.3. The highest BCUT2D eigenvalue weighted by atomic mass is 32.1. The van der Waals surface area contributed by atoms with Crippen LogP contribution in [-0.2, 0) is 9.59 Å². The number of carbonyl (C=O) groups excluding carboxylic acids is 1. The van der Waals surface area contributed by atoms with Gasteiger partial charge < -0.3 is 37.4 Å². The van der Waals surface area contributed by atoms with Gasteiger partial charge in [-0.1, -0.05) is 0 Å². The van der Waals surface area contributed by atoms with Crippen LogP contribution in [0.4, 0.5) is 0 Å². The van der Waals surface area contributed by atoms with Gasteiger partial charge in [0.2, 0.25) is 5.91 Å². The third kappa shape index (κ3) is 9.79. The van der Waals surface area contributed by atoms with E-state index in [1.54, 1.807) is 24.1 Å². The number of thiocarbonyl (C=S) groups is 1. The number of carbonyl (C=O) groups is 2. The lowest BCUT2D eigenvalue weighted by Gasteiger charge is -2.33. The number of aliphatic hydroxyl groups is 2. The second-order valence-electron chi connectivity index (χ2n) is 6.16. The molecule has 0 aliphatic heterocycles. The number of likely N-dealkylation sites (N-methyl/N-ethyl adjacent to an activating group) is 2. The lowest BCUT2D eigenvalue weighted by atomic mass is 10.2. The summed E-state index contributed by atoms with van der Waals surface area (Å²) in [6, 6.07) is -2.21. The fourth-order valence-electron chi connectivity index (χ4n) is 2.16. The van der Waals surface area contributed by atoms with Crippen molar-refractivity contribution in [2.75, 3.05) is 33.8 Å². The summed E-state index contributed by atoms with van der Waals surface area (Å²) in [5.41, 5.74) is 11.0. The van der Waals surface area contributed by atoms with E-state index < -0.39 is 36.1 Å². The van der Waals surface area contributed by atoms with E-state index >= 15 is 0 Å². The van der Waals surface area contributed by atoms with Gasteiger partial charge in [-0.2, -0.15) is 0 Å². The van der Waals surface area contributed by atoms with Crippen molar-refractivity contribution < 1.29 is 24.9 Å². The molecule has 0 rings (SSSR count). The molecule has 9 N–H and O–H groups in total. The molecule has 1 amide bonds. The highest BCUT2D eigenvalue weighted by molar-refractivity contribution is 7.80. The molecule has 0 aromatic rings. The Morgan fingerprint density at radius 1 is 1.19 bits per heavy atom. The molecule has 0 aromatic heterocycles. The molecule has 152 valence electrons. The molecule has 4 atom stereocenters. The van der Waals surface area contributed by atoms with Crippen LogP contribution in [0.2, 0.25) is 0 Å². The van der Waals surface area contributed by atoms with E-state index in [9.17, 15) is 14.7 Å². The van der Waals surface area contributed by atoms with E-state index in [-0.39, 0.29) is 18.1 Å². The minimum atomic E-state index is -1.29. The van der Waals surface area contributed by atoms with Crippen molar-refractivity contribution in [1.29, 1.82) is 0 Å². The number of amides is 1. The van der Waals surface area contributed by atoms with Crippen LogP contribution in [0.25, 0.3) is 0 Å². The number of carboxylic acid groups (broad SMARTS) is 1. The highest BCUT2D eigenvalue weighted by Gasteiger charge is 2.25. The van der Waals surface area contributed by atoms with E-state index in [0.29, 0.717) is 13.1 Å². The predicted molar refractivity (Wildman–Crippen MR) is 99.9 cm³/mol. The molecule has 11 nitrogen and oxygen atoms in total. The van der Waals surface area contributed by atoms with E-state index in [1.807, 2.05) is 0 Å². The average Bonchev–Trinajstić information content (AvgIpc) is 2.50. The summed E-state index contributed by atoms with van der Waals surface area (Å²) in [5.74, 6) is -1.82. The van der Waals surface area contributed by atoms with Gasteiger partial charge in [-0.15, -0.1) is 0 Å². The number of aliphatic hydroxyl groups excluding tert-OH is 2. The third-order valence-corrected chi connectivity index (χ3v) is 3.85. The Bertz CT molecular complexity index is 481. The Hall–Kier alpha value is -1.57. The normalized spacial score (nSPS) is 16.0. The fourth-order valence-corrected chi connectivity index (χ4v) is 2.45. The van der Waals surface area contributed by atoms with Crippen LogP contribution in [-0.4, -0.2) is 100 Å². The van der Waals surface area contributed by atoms with Gasteiger partial charge in [0.1, 0.15) is 0 Å². The molecule has 0 heterocycles. The molecule has 0 bridgehead atoms. The SMILES string of the molecule is CC(O)[C@H](NC(=S)N[C@@H](CC(N)=O)CN(C)N(C)C[C@@H](N)CO)C(=O)O. The quantitative estimate of drug-likeness (QED) is 0.130. The maximum Gasteiger partial charge on any atom is 0.328 e. The first-order chi connectivity index (χ1) is 12.0. The molecule has 0 aromatic carbocycles. The van der Waals surface area contributed by atoms with E-state index in [2.05, 4.69) is 10.6 Å². The predicted octanol–water partition coefficient (Wildman–Crippen LogP) is -3.37. The molecule has 12 heteroatoms. The summed E-state index contributed by atoms with van der Waals surface area (Å²) in [5, 5.41) is 36.4. The second-order valence-corrected chi connectivity index (χ2v) is 6.57. The number of hydrogen-bond acceptors (Lipinski definition) is 8. The Morgan fingerprint density at radius 3 is 2.15 bits per heavy atom. The standard InChI is InChI=1S/C14H30N6O5S/c1-8(22)12(13(24)25)18-14(26)17-10(4-11(16)23)6-20(3)19(2)5-9(15)7-21/h8-10,12,21-22H,4-7,15H2,1-3H3,(H2,16,23)(H,24,25)(H2,17,18,26)/t8?,9-,10+,12+/m1/s1. The summed E-state index contributed by atoms with van der Waals surface area (Å²) >= 11 is 5.07. The zero-order chi connectivity index (χ0) is 20.4. The monoisotopic (exact) mass is 394 g/mol. The summed E-state index contributed by atoms with van der Waals surface area (Å²) < 4.78 is 0. The van der Waals surface area contributed by atoms with Crippen LogP contribution in [0.1, 0.15) is 13.3 Å². The summed E-state index contributed by atoms with van der Waals surface area (Å²) in [4.78, 5) is 22.4. The lowest BCUT2D eigenvalue weighted by molar-refractivity contribution is -0.141. The molecule has 0 spiro atoms. The van der Waals surface area contributed by atoms with Gasteiger partial charge in [-0.05, 0) is 19.1 Å². The van der Waals surface area contributed by atoms with Crippen molar-refractivity contribution in [1.82, 2.24) is 20.7 Å². The van der Waals surface area contributed by atoms with Gasteiger partial charge in [0.15, 0.2) is 11.2 Å². The van der Waals surface area contributed by atoms with Gasteiger partial charge in [0, 0.05) is 39.6 Å². The molecule has 0 radical (unpaired) electrons. The number of rotatable bonds is 12. The van der Waals surface area contributed by atoms with Crippen molar-refractivity contribution in [2.45, 2.75) is 37.6 Å². The van der Waals surface area contributed by atoms with Gasteiger partial charge in [-0.25, -0.2) is 14.8 Å². The van der Waals surface area contributed by atoms with Crippen LogP contribution < -0.4 is 22.1 Å². The largest absolute Gasteiger partial charge is 0.480 e.